The number of aryl methyl sites for hydroxylation is 1. The van der Waals surface area contributed by atoms with Crippen molar-refractivity contribution in [3.63, 3.8) is 0 Å². The third kappa shape index (κ3) is 7.36. The number of benzene rings is 1. The Morgan fingerprint density at radius 3 is 2.20 bits per heavy atom. The predicted octanol–water partition coefficient (Wildman–Crippen LogP) is 5.32. The number of amides is 2. The number of carbonyl (C=O) groups excluding carboxylic acids is 2. The van der Waals surface area contributed by atoms with Gasteiger partial charge in [-0.3, -0.25) is 9.59 Å². The van der Waals surface area contributed by atoms with Crippen LogP contribution in [0.4, 0.5) is 0 Å². The van der Waals surface area contributed by atoms with Crippen molar-refractivity contribution < 1.29 is 14.0 Å². The fourth-order valence-electron chi connectivity index (χ4n) is 3.39. The summed E-state index contributed by atoms with van der Waals surface area (Å²) >= 11 is 0. The van der Waals surface area contributed by atoms with Gasteiger partial charge in [0.15, 0.2) is 0 Å². The first kappa shape index (κ1) is 23.7. The first-order valence-electron chi connectivity index (χ1n) is 10.9. The number of carbonyl (C=O) groups is 2. The molecule has 2 rings (SSSR count). The Labute approximate surface area is 181 Å². The van der Waals surface area contributed by atoms with Crippen molar-refractivity contribution in [1.29, 1.82) is 0 Å². The average molecular weight is 413 g/mol. The molecule has 164 valence electrons. The summed E-state index contributed by atoms with van der Waals surface area (Å²) in [5.74, 6) is 1.53. The lowest BCUT2D eigenvalue weighted by atomic mass is 10.0. The first-order valence-corrected chi connectivity index (χ1v) is 10.9. The minimum absolute atomic E-state index is 0.0396. The SMILES string of the molecule is CCCCCC(=O)N(CC(=O)N(Cc1ccccc1)Cc1ccc(C)o1)C(C)(C)C. The summed E-state index contributed by atoms with van der Waals surface area (Å²) in [7, 11) is 0. The highest BCUT2D eigenvalue weighted by molar-refractivity contribution is 5.85. The molecule has 1 heterocycles. The van der Waals surface area contributed by atoms with E-state index in [1.807, 2.05) is 70.2 Å². The topological polar surface area (TPSA) is 53.8 Å². The zero-order valence-corrected chi connectivity index (χ0v) is 19.1. The highest BCUT2D eigenvalue weighted by Gasteiger charge is 2.30. The minimum atomic E-state index is -0.418. The third-order valence-corrected chi connectivity index (χ3v) is 5.11. The van der Waals surface area contributed by atoms with Crippen LogP contribution in [0, 0.1) is 6.92 Å². The van der Waals surface area contributed by atoms with Crippen molar-refractivity contribution in [2.75, 3.05) is 6.54 Å². The molecule has 5 nitrogen and oxygen atoms in total. The summed E-state index contributed by atoms with van der Waals surface area (Å²) in [6.45, 7) is 10.9. The molecular weight excluding hydrogens is 376 g/mol. The molecule has 0 unspecified atom stereocenters. The second-order valence-corrected chi connectivity index (χ2v) is 8.86. The van der Waals surface area contributed by atoms with Crippen LogP contribution < -0.4 is 0 Å². The van der Waals surface area contributed by atoms with Gasteiger partial charge in [0.25, 0.3) is 0 Å². The van der Waals surface area contributed by atoms with Gasteiger partial charge in [0.05, 0.1) is 6.54 Å². The Morgan fingerprint density at radius 1 is 0.933 bits per heavy atom. The highest BCUT2D eigenvalue weighted by Crippen LogP contribution is 2.19. The van der Waals surface area contributed by atoms with E-state index >= 15 is 0 Å². The van der Waals surface area contributed by atoms with Crippen LogP contribution >= 0.6 is 0 Å². The fourth-order valence-corrected chi connectivity index (χ4v) is 3.39. The van der Waals surface area contributed by atoms with E-state index in [1.54, 1.807) is 9.80 Å². The lowest BCUT2D eigenvalue weighted by molar-refractivity contribution is -0.145. The zero-order valence-electron chi connectivity index (χ0n) is 19.1. The van der Waals surface area contributed by atoms with Gasteiger partial charge in [-0.1, -0.05) is 50.1 Å². The second-order valence-electron chi connectivity index (χ2n) is 8.86. The molecule has 0 aliphatic rings. The Kier molecular flexibility index (Phi) is 8.70. The van der Waals surface area contributed by atoms with Crippen LogP contribution in [0.5, 0.6) is 0 Å². The summed E-state index contributed by atoms with van der Waals surface area (Å²) in [6, 6.07) is 13.7. The molecule has 0 spiro atoms. The van der Waals surface area contributed by atoms with Crippen LogP contribution in [0.3, 0.4) is 0 Å². The molecule has 0 aliphatic carbocycles. The largest absolute Gasteiger partial charge is 0.464 e. The normalized spacial score (nSPS) is 11.4. The number of nitrogens with zero attached hydrogens (tertiary/aromatic N) is 2. The summed E-state index contributed by atoms with van der Waals surface area (Å²) in [5, 5.41) is 0. The Bertz CT molecular complexity index is 805. The van der Waals surface area contributed by atoms with Gasteiger partial charge in [-0.2, -0.15) is 0 Å². The molecule has 0 aliphatic heterocycles. The predicted molar refractivity (Wildman–Crippen MR) is 120 cm³/mol. The minimum Gasteiger partial charge on any atom is -0.464 e. The first-order chi connectivity index (χ1) is 14.2. The number of rotatable bonds is 10. The molecule has 0 fully saturated rings. The second kappa shape index (κ2) is 11.0. The van der Waals surface area contributed by atoms with Gasteiger partial charge in [-0.25, -0.2) is 0 Å². The molecule has 1 aromatic heterocycles. The summed E-state index contributed by atoms with van der Waals surface area (Å²) < 4.78 is 5.71. The van der Waals surface area contributed by atoms with Crippen LogP contribution in [0.25, 0.3) is 0 Å². The molecule has 0 saturated heterocycles. The van der Waals surface area contributed by atoms with Crippen LogP contribution in [0.2, 0.25) is 0 Å². The van der Waals surface area contributed by atoms with Crippen molar-refractivity contribution in [1.82, 2.24) is 9.80 Å². The maximum atomic E-state index is 13.3. The lowest BCUT2D eigenvalue weighted by Crippen LogP contribution is -2.51. The van der Waals surface area contributed by atoms with E-state index in [0.29, 0.717) is 19.5 Å². The van der Waals surface area contributed by atoms with Gasteiger partial charge < -0.3 is 14.2 Å². The monoisotopic (exact) mass is 412 g/mol. The number of unbranched alkanes of at least 4 members (excludes halogenated alkanes) is 2. The van der Waals surface area contributed by atoms with Gasteiger partial charge >= 0.3 is 0 Å². The van der Waals surface area contributed by atoms with Gasteiger partial charge in [0.1, 0.15) is 18.1 Å². The lowest BCUT2D eigenvalue weighted by Gasteiger charge is -2.37. The molecule has 5 heteroatoms. The fraction of sp³-hybridized carbons (Fsp3) is 0.520. The molecule has 2 amide bonds. The smallest absolute Gasteiger partial charge is 0.242 e. The molecule has 0 atom stereocenters. The third-order valence-electron chi connectivity index (χ3n) is 5.11. The molecule has 0 bridgehead atoms. The van der Waals surface area contributed by atoms with Crippen LogP contribution in [-0.4, -0.2) is 33.7 Å². The highest BCUT2D eigenvalue weighted by atomic mass is 16.3. The van der Waals surface area contributed by atoms with Crippen molar-refractivity contribution in [2.45, 2.75) is 78.9 Å². The molecule has 0 radical (unpaired) electrons. The van der Waals surface area contributed by atoms with Crippen molar-refractivity contribution in [3.05, 3.63) is 59.5 Å². The average Bonchev–Trinajstić information content (AvgIpc) is 3.10. The van der Waals surface area contributed by atoms with E-state index in [0.717, 1.165) is 36.3 Å². The maximum Gasteiger partial charge on any atom is 0.242 e. The molecule has 0 saturated carbocycles. The van der Waals surface area contributed by atoms with E-state index < -0.39 is 5.54 Å². The molecular formula is C25H36N2O3. The van der Waals surface area contributed by atoms with Gasteiger partial charge in [0, 0.05) is 18.5 Å². The van der Waals surface area contributed by atoms with Crippen molar-refractivity contribution >= 4 is 11.8 Å². The van der Waals surface area contributed by atoms with E-state index in [-0.39, 0.29) is 18.4 Å². The number of hydrogen-bond acceptors (Lipinski definition) is 3. The van der Waals surface area contributed by atoms with Gasteiger partial charge in [-0.15, -0.1) is 0 Å². The maximum absolute atomic E-state index is 13.3. The van der Waals surface area contributed by atoms with E-state index in [1.165, 1.54) is 0 Å². The Morgan fingerprint density at radius 2 is 1.63 bits per heavy atom. The molecule has 1 aromatic carbocycles. The standard InChI is InChI=1S/C25H36N2O3/c1-6-7-9-14-23(28)27(25(3,4)5)19-24(29)26(17-21-12-10-8-11-13-21)18-22-16-15-20(2)30-22/h8,10-13,15-16H,6-7,9,14,17-19H2,1-5H3. The number of hydrogen-bond donors (Lipinski definition) is 0. The van der Waals surface area contributed by atoms with E-state index in [4.69, 9.17) is 4.42 Å². The molecule has 2 aromatic rings. The zero-order chi connectivity index (χ0) is 22.1. The van der Waals surface area contributed by atoms with Crippen molar-refractivity contribution in [2.24, 2.45) is 0 Å². The molecule has 0 N–H and O–H groups in total. The van der Waals surface area contributed by atoms with Crippen LogP contribution in [0.1, 0.15) is 70.5 Å². The van der Waals surface area contributed by atoms with Crippen LogP contribution in [-0.2, 0) is 22.7 Å². The quantitative estimate of drug-likeness (QED) is 0.496. The Balaban J connectivity index is 2.17. The molecule has 30 heavy (non-hydrogen) atoms. The number of furan rings is 1. The summed E-state index contributed by atoms with van der Waals surface area (Å²) in [6.07, 6.45) is 3.43. The summed E-state index contributed by atoms with van der Waals surface area (Å²) in [4.78, 5) is 29.7. The van der Waals surface area contributed by atoms with Gasteiger partial charge in [0.2, 0.25) is 11.8 Å². The van der Waals surface area contributed by atoms with E-state index in [9.17, 15) is 9.59 Å². The van der Waals surface area contributed by atoms with E-state index in [2.05, 4.69) is 6.92 Å². The van der Waals surface area contributed by atoms with Crippen molar-refractivity contribution in [3.8, 4) is 0 Å². The van der Waals surface area contributed by atoms with Gasteiger partial charge in [-0.05, 0) is 51.8 Å². The summed E-state index contributed by atoms with van der Waals surface area (Å²) in [5.41, 5.74) is 0.629. The van der Waals surface area contributed by atoms with Crippen LogP contribution in [0.15, 0.2) is 46.9 Å². The Hall–Kier alpha value is -2.56.